The Kier molecular flexibility index (Phi) is 4.95. The first-order valence-electron chi connectivity index (χ1n) is 8.12. The van der Waals surface area contributed by atoms with Crippen LogP contribution in [0, 0.1) is 0 Å². The van der Waals surface area contributed by atoms with Crippen molar-refractivity contribution in [2.24, 2.45) is 0 Å². The smallest absolute Gasteiger partial charge is 0.406 e. The van der Waals surface area contributed by atoms with Crippen molar-refractivity contribution >= 4 is 22.5 Å². The van der Waals surface area contributed by atoms with Crippen LogP contribution in [0.2, 0.25) is 0 Å². The third kappa shape index (κ3) is 4.05. The van der Waals surface area contributed by atoms with E-state index in [0.717, 1.165) is 16.7 Å². The van der Waals surface area contributed by atoms with Crippen molar-refractivity contribution < 1.29 is 22.7 Å². The summed E-state index contributed by atoms with van der Waals surface area (Å²) in [6.45, 7) is 1.85. The zero-order valence-electron chi connectivity index (χ0n) is 14.5. The van der Waals surface area contributed by atoms with Crippen molar-refractivity contribution in [3.63, 3.8) is 0 Å². The largest absolute Gasteiger partial charge is 0.573 e. The number of ether oxygens (including phenoxy) is 1. The molecule has 1 heterocycles. The summed E-state index contributed by atoms with van der Waals surface area (Å²) in [6, 6.07) is 8.91. The fraction of sp³-hybridized carbons (Fsp3) is 0.167. The Morgan fingerprint density at radius 3 is 2.61 bits per heavy atom. The third-order valence-electron chi connectivity index (χ3n) is 3.89. The van der Waals surface area contributed by atoms with Gasteiger partial charge in [-0.25, -0.2) is 4.79 Å². The van der Waals surface area contributed by atoms with Crippen LogP contribution in [0.15, 0.2) is 52.1 Å². The van der Waals surface area contributed by atoms with E-state index in [4.69, 9.17) is 0 Å². The van der Waals surface area contributed by atoms with E-state index >= 15 is 0 Å². The molecule has 1 amide bonds. The molecule has 0 fully saturated rings. The second kappa shape index (κ2) is 7.22. The predicted molar refractivity (Wildman–Crippen MR) is 95.6 cm³/mol. The molecular formula is C18H14F3N3O4. The topological polar surface area (TPSA) is 93.2 Å². The zero-order valence-corrected chi connectivity index (χ0v) is 14.5. The molecule has 0 bridgehead atoms. The molecule has 28 heavy (non-hydrogen) atoms. The average Bonchev–Trinajstić information content (AvgIpc) is 2.60. The summed E-state index contributed by atoms with van der Waals surface area (Å²) < 4.78 is 41.7. The first-order valence-corrected chi connectivity index (χ1v) is 8.12. The van der Waals surface area contributed by atoms with Crippen LogP contribution in [0.4, 0.5) is 18.9 Å². The van der Waals surface area contributed by atoms with E-state index in [9.17, 15) is 27.6 Å². The molecule has 2 aromatic carbocycles. The molecule has 0 atom stereocenters. The van der Waals surface area contributed by atoms with E-state index in [2.05, 4.69) is 15.0 Å². The Labute approximate surface area is 155 Å². The van der Waals surface area contributed by atoms with Crippen LogP contribution in [0.3, 0.4) is 0 Å². The minimum absolute atomic E-state index is 0.0849. The van der Waals surface area contributed by atoms with Crippen LogP contribution in [0.25, 0.3) is 10.9 Å². The number of hydrogen-bond acceptors (Lipinski definition) is 4. The Balaban J connectivity index is 1.89. The number of aromatic nitrogens is 2. The molecule has 0 aliphatic rings. The number of hydrogen-bond donors (Lipinski definition) is 2. The van der Waals surface area contributed by atoms with Gasteiger partial charge in [0, 0.05) is 23.9 Å². The molecule has 0 aliphatic heterocycles. The number of carbonyl (C=O) groups is 1. The number of carbonyl (C=O) groups excluding carboxylic acids is 1. The molecule has 0 unspecified atom stereocenters. The summed E-state index contributed by atoms with van der Waals surface area (Å²) in [5.74, 6) is -1.11. The highest BCUT2D eigenvalue weighted by Crippen LogP contribution is 2.25. The summed E-state index contributed by atoms with van der Waals surface area (Å²) in [5, 5.41) is 2.67. The molecule has 1 aromatic heterocycles. The van der Waals surface area contributed by atoms with Crippen LogP contribution in [-0.2, 0) is 6.54 Å². The minimum atomic E-state index is -4.85. The van der Waals surface area contributed by atoms with E-state index in [0.29, 0.717) is 0 Å². The highest BCUT2D eigenvalue weighted by molar-refractivity contribution is 6.06. The van der Waals surface area contributed by atoms with E-state index in [1.807, 2.05) is 0 Å². The number of H-pyrrole nitrogens is 1. The molecule has 3 rings (SSSR count). The van der Waals surface area contributed by atoms with Gasteiger partial charge in [0.25, 0.3) is 11.5 Å². The van der Waals surface area contributed by atoms with Gasteiger partial charge in [0.05, 0.1) is 10.9 Å². The molecule has 0 spiro atoms. The Morgan fingerprint density at radius 1 is 1.18 bits per heavy atom. The molecule has 0 radical (unpaired) electrons. The summed E-state index contributed by atoms with van der Waals surface area (Å²) >= 11 is 0. The first-order chi connectivity index (χ1) is 13.2. The van der Waals surface area contributed by atoms with Crippen LogP contribution < -0.4 is 21.3 Å². The molecule has 2 N–H and O–H groups in total. The third-order valence-corrected chi connectivity index (χ3v) is 3.89. The van der Waals surface area contributed by atoms with Gasteiger partial charge in [0.1, 0.15) is 5.75 Å². The van der Waals surface area contributed by atoms with Crippen LogP contribution in [0.1, 0.15) is 17.3 Å². The number of fused-ring (bicyclic) bond motifs is 1. The van der Waals surface area contributed by atoms with Crippen LogP contribution >= 0.6 is 0 Å². The summed E-state index contributed by atoms with van der Waals surface area (Å²) in [7, 11) is 0. The molecule has 7 nitrogen and oxygen atoms in total. The molecule has 3 aromatic rings. The van der Waals surface area contributed by atoms with Gasteiger partial charge in [-0.1, -0.05) is 6.07 Å². The van der Waals surface area contributed by atoms with E-state index in [1.165, 1.54) is 30.3 Å². The number of anilines is 1. The van der Waals surface area contributed by atoms with E-state index in [-0.39, 0.29) is 28.7 Å². The van der Waals surface area contributed by atoms with Crippen molar-refractivity contribution in [1.29, 1.82) is 0 Å². The monoisotopic (exact) mass is 393 g/mol. The fourth-order valence-electron chi connectivity index (χ4n) is 2.66. The quantitative estimate of drug-likeness (QED) is 0.713. The van der Waals surface area contributed by atoms with Gasteiger partial charge in [-0.05, 0) is 37.3 Å². The summed E-state index contributed by atoms with van der Waals surface area (Å²) in [6.07, 6.45) is -4.85. The van der Waals surface area contributed by atoms with Gasteiger partial charge in [-0.3, -0.25) is 14.2 Å². The number of rotatable bonds is 4. The Bertz CT molecular complexity index is 1170. The van der Waals surface area contributed by atoms with Crippen LogP contribution in [0.5, 0.6) is 5.75 Å². The maximum Gasteiger partial charge on any atom is 0.573 e. The highest BCUT2D eigenvalue weighted by atomic mass is 19.4. The number of nitrogens with zero attached hydrogens (tertiary/aromatic N) is 1. The number of nitrogens with one attached hydrogen (secondary N) is 2. The number of amides is 1. The molecule has 0 aliphatic carbocycles. The predicted octanol–water partition coefficient (Wildman–Crippen LogP) is 2.86. The lowest BCUT2D eigenvalue weighted by atomic mass is 10.1. The van der Waals surface area contributed by atoms with Crippen molar-refractivity contribution in [2.45, 2.75) is 19.8 Å². The van der Waals surface area contributed by atoms with Crippen molar-refractivity contribution in [2.75, 3.05) is 5.32 Å². The molecule has 0 saturated carbocycles. The SMILES string of the molecule is CCn1c(=O)[nH]c2cc(C(=O)Nc3cccc(OC(F)(F)F)c3)ccc2c1=O. The molecular weight excluding hydrogens is 379 g/mol. The molecule has 10 heteroatoms. The van der Waals surface area contributed by atoms with Crippen molar-refractivity contribution in [3.8, 4) is 5.75 Å². The number of benzene rings is 2. The molecule has 0 saturated heterocycles. The van der Waals surface area contributed by atoms with Gasteiger partial charge in [-0.2, -0.15) is 0 Å². The zero-order chi connectivity index (χ0) is 20.5. The second-order valence-corrected chi connectivity index (χ2v) is 5.77. The Morgan fingerprint density at radius 2 is 1.93 bits per heavy atom. The first kappa shape index (κ1) is 19.2. The van der Waals surface area contributed by atoms with Crippen molar-refractivity contribution in [1.82, 2.24) is 9.55 Å². The maximum atomic E-state index is 12.4. The van der Waals surface area contributed by atoms with Gasteiger partial charge < -0.3 is 15.0 Å². The lowest BCUT2D eigenvalue weighted by molar-refractivity contribution is -0.274. The molecule has 146 valence electrons. The van der Waals surface area contributed by atoms with Gasteiger partial charge in [-0.15, -0.1) is 13.2 Å². The normalized spacial score (nSPS) is 11.4. The number of alkyl halides is 3. The lowest BCUT2D eigenvalue weighted by Gasteiger charge is -2.11. The fourth-order valence-corrected chi connectivity index (χ4v) is 2.66. The van der Waals surface area contributed by atoms with E-state index < -0.39 is 29.3 Å². The number of halogens is 3. The summed E-state index contributed by atoms with van der Waals surface area (Å²) in [5.41, 5.74) is -0.707. The van der Waals surface area contributed by atoms with Crippen LogP contribution in [-0.4, -0.2) is 21.8 Å². The second-order valence-electron chi connectivity index (χ2n) is 5.77. The van der Waals surface area contributed by atoms with Gasteiger partial charge >= 0.3 is 12.1 Å². The minimum Gasteiger partial charge on any atom is -0.406 e. The lowest BCUT2D eigenvalue weighted by Crippen LogP contribution is -2.34. The summed E-state index contributed by atoms with van der Waals surface area (Å²) in [4.78, 5) is 39.1. The maximum absolute atomic E-state index is 12.4. The van der Waals surface area contributed by atoms with Crippen molar-refractivity contribution in [3.05, 3.63) is 68.9 Å². The standard InChI is InChI=1S/C18H14F3N3O4/c1-2-24-16(26)13-7-6-10(8-14(13)23-17(24)27)15(25)22-11-4-3-5-12(9-11)28-18(19,20)21/h3-9H,2H2,1H3,(H,22,25)(H,23,27). The van der Waals surface area contributed by atoms with Gasteiger partial charge in [0.2, 0.25) is 0 Å². The Hall–Kier alpha value is -3.56. The van der Waals surface area contributed by atoms with Gasteiger partial charge in [0.15, 0.2) is 0 Å². The average molecular weight is 393 g/mol. The van der Waals surface area contributed by atoms with E-state index in [1.54, 1.807) is 6.92 Å². The highest BCUT2D eigenvalue weighted by Gasteiger charge is 2.31. The number of aromatic amines is 1.